The Morgan fingerprint density at radius 3 is 2.54 bits per heavy atom. The number of ether oxygens (including phenoxy) is 1. The fraction of sp³-hybridized carbons (Fsp3) is 0.889. The van der Waals surface area contributed by atoms with Crippen molar-refractivity contribution < 1.29 is 13.9 Å². The third-order valence-corrected chi connectivity index (χ3v) is 2.55. The Labute approximate surface area is 83.2 Å². The first kappa shape index (κ1) is 12.8. The van der Waals surface area contributed by atoms with E-state index in [9.17, 15) is 9.18 Å². The van der Waals surface area contributed by atoms with Crippen LogP contribution in [0.3, 0.4) is 0 Å². The largest absolute Gasteiger partial charge is 0.462 e. The summed E-state index contributed by atoms with van der Waals surface area (Å²) < 4.78 is 16.7. The van der Waals surface area contributed by atoms with Gasteiger partial charge in [0, 0.05) is 0 Å². The lowest BCUT2D eigenvalue weighted by molar-refractivity contribution is -0.146. The van der Waals surface area contributed by atoms with Crippen molar-refractivity contribution in [3.63, 3.8) is 0 Å². The van der Waals surface area contributed by atoms with Gasteiger partial charge in [0.15, 0.2) is 0 Å². The van der Waals surface area contributed by atoms with Crippen LogP contribution in [0.25, 0.3) is 0 Å². The number of carbonyl (C=O) groups excluding carboxylic acids is 1. The summed E-state index contributed by atoms with van der Waals surface area (Å²) in [4.78, 5) is 11.2. The third-order valence-electron chi connectivity index (χ3n) is 1.33. The Balaban J connectivity index is 3.57. The Hall–Kier alpha value is -0.250. The van der Waals surface area contributed by atoms with Crippen LogP contribution in [0.4, 0.5) is 4.39 Å². The molecule has 0 spiro atoms. The second-order valence-corrected chi connectivity index (χ2v) is 4.49. The topological polar surface area (TPSA) is 26.3 Å². The number of esters is 1. The van der Waals surface area contributed by atoms with E-state index in [1.165, 1.54) is 11.8 Å². The summed E-state index contributed by atoms with van der Waals surface area (Å²) in [5, 5.41) is -0.186. The predicted molar refractivity (Wildman–Crippen MR) is 53.7 cm³/mol. The minimum absolute atomic E-state index is 0.0725. The molecule has 13 heavy (non-hydrogen) atoms. The molecule has 0 rings (SSSR count). The van der Waals surface area contributed by atoms with E-state index in [4.69, 9.17) is 4.74 Å². The Morgan fingerprint density at radius 1 is 1.46 bits per heavy atom. The van der Waals surface area contributed by atoms with Gasteiger partial charge < -0.3 is 4.74 Å². The monoisotopic (exact) mass is 208 g/mol. The maximum absolute atomic E-state index is 11.7. The van der Waals surface area contributed by atoms with Crippen LogP contribution in [0.15, 0.2) is 0 Å². The van der Waals surface area contributed by atoms with Crippen LogP contribution in [0.1, 0.15) is 27.2 Å². The average Bonchev–Trinajstić information content (AvgIpc) is 2.03. The quantitative estimate of drug-likeness (QED) is 0.495. The molecule has 1 atom stereocenters. The summed E-state index contributed by atoms with van der Waals surface area (Å²) in [7, 11) is 0. The number of rotatable bonds is 6. The van der Waals surface area contributed by atoms with Gasteiger partial charge in [-0.3, -0.25) is 9.18 Å². The zero-order chi connectivity index (χ0) is 10.3. The molecule has 0 aromatic heterocycles. The van der Waals surface area contributed by atoms with E-state index < -0.39 is 0 Å². The van der Waals surface area contributed by atoms with Gasteiger partial charge in [0.05, 0.1) is 18.0 Å². The van der Waals surface area contributed by atoms with Crippen LogP contribution in [0.2, 0.25) is 0 Å². The number of hydrogen-bond donors (Lipinski definition) is 0. The van der Waals surface area contributed by atoms with Crippen LogP contribution < -0.4 is 0 Å². The molecule has 0 aliphatic rings. The second-order valence-electron chi connectivity index (χ2n) is 3.04. The zero-order valence-corrected chi connectivity index (χ0v) is 9.20. The lowest BCUT2D eigenvalue weighted by Crippen LogP contribution is -2.21. The highest BCUT2D eigenvalue weighted by molar-refractivity contribution is 8.00. The predicted octanol–water partition coefficient (Wildman–Crippen LogP) is 2.42. The van der Waals surface area contributed by atoms with Gasteiger partial charge in [-0.05, 0) is 32.9 Å². The third kappa shape index (κ3) is 6.87. The molecular formula is C9H17FO2S. The summed E-state index contributed by atoms with van der Waals surface area (Å²) in [5.74, 6) is 0.462. The summed E-state index contributed by atoms with van der Waals surface area (Å²) >= 11 is 1.44. The van der Waals surface area contributed by atoms with Crippen molar-refractivity contribution in [2.24, 2.45) is 0 Å². The Bertz CT molecular complexity index is 151. The van der Waals surface area contributed by atoms with Gasteiger partial charge in [0.1, 0.15) is 0 Å². The molecule has 0 saturated carbocycles. The lowest BCUT2D eigenvalue weighted by Gasteiger charge is -2.12. The molecule has 0 aromatic carbocycles. The first-order chi connectivity index (χ1) is 6.07. The maximum Gasteiger partial charge on any atom is 0.319 e. The molecule has 0 fully saturated rings. The van der Waals surface area contributed by atoms with Crippen LogP contribution in [0, 0.1) is 0 Å². The number of carbonyl (C=O) groups is 1. The molecule has 0 saturated heterocycles. The molecule has 0 radical (unpaired) electrons. The van der Waals surface area contributed by atoms with Crippen molar-refractivity contribution in [3.8, 4) is 0 Å². The van der Waals surface area contributed by atoms with Crippen LogP contribution in [-0.4, -0.2) is 29.8 Å². The van der Waals surface area contributed by atoms with E-state index >= 15 is 0 Å². The number of hydrogen-bond acceptors (Lipinski definition) is 3. The fourth-order valence-electron chi connectivity index (χ4n) is 0.711. The smallest absolute Gasteiger partial charge is 0.319 e. The van der Waals surface area contributed by atoms with E-state index in [-0.39, 0.29) is 24.0 Å². The summed E-state index contributed by atoms with van der Waals surface area (Å²) in [6, 6.07) is 0. The van der Waals surface area contributed by atoms with Gasteiger partial charge >= 0.3 is 5.97 Å². The molecular weight excluding hydrogens is 191 g/mol. The standard InChI is InChI=1S/C9H17FO2S/c1-7(2)12-9(11)8(3)13-6-4-5-10/h7-8H,4-6H2,1-3H3. The number of thioether (sulfide) groups is 1. The number of halogens is 1. The second kappa shape index (κ2) is 7.18. The van der Waals surface area contributed by atoms with Crippen LogP contribution in [0.5, 0.6) is 0 Å². The van der Waals surface area contributed by atoms with Crippen molar-refractivity contribution in [1.29, 1.82) is 0 Å². The van der Waals surface area contributed by atoms with E-state index in [0.717, 1.165) is 0 Å². The molecule has 2 nitrogen and oxygen atoms in total. The highest BCUT2D eigenvalue weighted by Gasteiger charge is 2.15. The van der Waals surface area contributed by atoms with Crippen molar-refractivity contribution in [1.82, 2.24) is 0 Å². The molecule has 4 heteroatoms. The molecule has 0 aliphatic heterocycles. The van der Waals surface area contributed by atoms with Crippen molar-refractivity contribution in [3.05, 3.63) is 0 Å². The summed E-state index contributed by atoms with van der Waals surface area (Å²) in [6.45, 7) is 5.10. The molecule has 78 valence electrons. The highest BCUT2D eigenvalue weighted by Crippen LogP contribution is 2.13. The molecule has 0 N–H and O–H groups in total. The fourth-order valence-corrected chi connectivity index (χ4v) is 1.53. The normalized spacial score (nSPS) is 13.0. The molecule has 0 amide bonds. The van der Waals surface area contributed by atoms with Gasteiger partial charge in [-0.1, -0.05) is 0 Å². The van der Waals surface area contributed by atoms with Crippen LogP contribution in [-0.2, 0) is 9.53 Å². The van der Waals surface area contributed by atoms with Gasteiger partial charge in [-0.15, -0.1) is 11.8 Å². The Morgan fingerprint density at radius 2 is 2.08 bits per heavy atom. The summed E-state index contributed by atoms with van der Waals surface area (Å²) in [5.41, 5.74) is 0. The summed E-state index contributed by atoms with van der Waals surface area (Å²) in [6.07, 6.45) is 0.431. The van der Waals surface area contributed by atoms with Gasteiger partial charge in [0.25, 0.3) is 0 Å². The van der Waals surface area contributed by atoms with Crippen molar-refractivity contribution in [2.45, 2.75) is 38.5 Å². The van der Waals surface area contributed by atoms with Crippen LogP contribution >= 0.6 is 11.8 Å². The SMILES string of the molecule is CC(C)OC(=O)C(C)SCCCF. The van der Waals surface area contributed by atoms with E-state index in [2.05, 4.69) is 0 Å². The van der Waals surface area contributed by atoms with Gasteiger partial charge in [0.2, 0.25) is 0 Å². The van der Waals surface area contributed by atoms with E-state index in [1.807, 2.05) is 13.8 Å². The lowest BCUT2D eigenvalue weighted by atomic mass is 10.4. The minimum atomic E-state index is -0.320. The van der Waals surface area contributed by atoms with E-state index in [1.54, 1.807) is 6.92 Å². The highest BCUT2D eigenvalue weighted by atomic mass is 32.2. The molecule has 0 aromatic rings. The zero-order valence-electron chi connectivity index (χ0n) is 8.38. The number of alkyl halides is 1. The molecule has 0 aliphatic carbocycles. The molecule has 0 heterocycles. The van der Waals surface area contributed by atoms with Gasteiger partial charge in [-0.25, -0.2) is 0 Å². The minimum Gasteiger partial charge on any atom is -0.462 e. The Kier molecular flexibility index (Phi) is 7.04. The van der Waals surface area contributed by atoms with Crippen molar-refractivity contribution >= 4 is 17.7 Å². The molecule has 0 bridgehead atoms. The maximum atomic E-state index is 11.7. The van der Waals surface area contributed by atoms with Gasteiger partial charge in [-0.2, -0.15) is 0 Å². The average molecular weight is 208 g/mol. The first-order valence-electron chi connectivity index (χ1n) is 4.46. The first-order valence-corrected chi connectivity index (χ1v) is 5.51. The van der Waals surface area contributed by atoms with E-state index in [0.29, 0.717) is 12.2 Å². The molecule has 1 unspecified atom stereocenters. The van der Waals surface area contributed by atoms with Crippen molar-refractivity contribution in [2.75, 3.05) is 12.4 Å².